The highest BCUT2D eigenvalue weighted by atomic mass is 16.6. The Morgan fingerprint density at radius 1 is 1.05 bits per heavy atom. The Morgan fingerprint density at radius 3 is 2.45 bits per heavy atom. The van der Waals surface area contributed by atoms with Gasteiger partial charge in [0, 0.05) is 12.1 Å². The van der Waals surface area contributed by atoms with Crippen LogP contribution >= 0.6 is 0 Å². The maximum Gasteiger partial charge on any atom is 0.239 e. The van der Waals surface area contributed by atoms with Crippen LogP contribution in [0.15, 0.2) is 65.3 Å². The zero-order chi connectivity index (χ0) is 13.8. The van der Waals surface area contributed by atoms with Crippen LogP contribution in [-0.4, -0.2) is 5.27 Å². The fourth-order valence-corrected chi connectivity index (χ4v) is 1.79. The Hall–Kier alpha value is -2.82. The molecule has 20 heavy (non-hydrogen) atoms. The van der Waals surface area contributed by atoms with E-state index in [1.54, 1.807) is 0 Å². The molecule has 3 rings (SSSR count). The molecule has 3 aromatic rings. The lowest BCUT2D eigenvalue weighted by Gasteiger charge is -2.05. The summed E-state index contributed by atoms with van der Waals surface area (Å²) in [7, 11) is 0. The summed E-state index contributed by atoms with van der Waals surface area (Å²) in [5.41, 5.74) is 1.85. The van der Waals surface area contributed by atoms with Gasteiger partial charge >= 0.3 is 0 Å². The van der Waals surface area contributed by atoms with Crippen molar-refractivity contribution < 1.29 is 19.0 Å². The molecule has 2 aromatic carbocycles. The van der Waals surface area contributed by atoms with Gasteiger partial charge in [-0.15, -0.1) is 0 Å². The molecule has 0 saturated heterocycles. The maximum absolute atomic E-state index is 10.9. The third-order valence-electron chi connectivity index (χ3n) is 2.80. The fraction of sp³-hybridized carbons (Fsp3) is 0.0667. The molecule has 0 bridgehead atoms. The molecule has 0 radical (unpaired) electrons. The molecular weight excluding hydrogens is 256 g/mol. The first-order chi connectivity index (χ1) is 9.81. The first kappa shape index (κ1) is 12.2. The highest BCUT2D eigenvalue weighted by Crippen LogP contribution is 2.14. The Bertz CT molecular complexity index is 678. The number of ether oxygens (including phenoxy) is 1. The maximum atomic E-state index is 10.9. The topological polar surface area (TPSA) is 62.2 Å². The average molecular weight is 268 g/mol. The Balaban J connectivity index is 1.67. The van der Waals surface area contributed by atoms with Crippen molar-refractivity contribution in [2.75, 3.05) is 0 Å². The summed E-state index contributed by atoms with van der Waals surface area (Å²) < 4.78 is 11.5. The third kappa shape index (κ3) is 2.77. The van der Waals surface area contributed by atoms with Gasteiger partial charge in [-0.05, 0) is 22.4 Å². The molecule has 5 heteroatoms. The standard InChI is InChI=1S/C15H12N2O3/c18-15-10-17(16-20-15)13-6-8-14(9-7-13)19-11-12-4-2-1-3-5-12/h1-10H,11H2. The second-order valence-electron chi connectivity index (χ2n) is 4.23. The summed E-state index contributed by atoms with van der Waals surface area (Å²) in [6, 6.07) is 17.2. The first-order valence-corrected chi connectivity index (χ1v) is 6.14. The molecule has 1 heterocycles. The Morgan fingerprint density at radius 2 is 1.80 bits per heavy atom. The third-order valence-corrected chi connectivity index (χ3v) is 2.80. The highest BCUT2D eigenvalue weighted by molar-refractivity contribution is 5.31. The monoisotopic (exact) mass is 268 g/mol. The predicted octanol–water partition coefficient (Wildman–Crippen LogP) is 1.60. The highest BCUT2D eigenvalue weighted by Gasteiger charge is 2.08. The van der Waals surface area contributed by atoms with Gasteiger partial charge in [0.25, 0.3) is 0 Å². The smallest absolute Gasteiger partial charge is 0.239 e. The molecule has 0 atom stereocenters. The molecule has 0 spiro atoms. The summed E-state index contributed by atoms with van der Waals surface area (Å²) in [6.45, 7) is 0.516. The van der Waals surface area contributed by atoms with Crippen molar-refractivity contribution in [1.29, 1.82) is 0 Å². The van der Waals surface area contributed by atoms with Gasteiger partial charge in [0.05, 0.1) is 5.27 Å². The quantitative estimate of drug-likeness (QED) is 0.674. The minimum Gasteiger partial charge on any atom is -0.539 e. The molecule has 0 amide bonds. The van der Waals surface area contributed by atoms with E-state index in [4.69, 9.17) is 4.74 Å². The molecule has 0 aliphatic rings. The van der Waals surface area contributed by atoms with Gasteiger partial charge in [-0.25, -0.2) is 0 Å². The number of rotatable bonds is 4. The predicted molar refractivity (Wildman–Crippen MR) is 68.3 cm³/mol. The van der Waals surface area contributed by atoms with Crippen LogP contribution in [0.2, 0.25) is 0 Å². The van der Waals surface area contributed by atoms with E-state index in [1.165, 1.54) is 10.9 Å². The van der Waals surface area contributed by atoms with Gasteiger partial charge in [-0.2, -0.15) is 0 Å². The summed E-state index contributed by atoms with van der Waals surface area (Å²) in [5, 5.41) is 14.5. The van der Waals surface area contributed by atoms with E-state index >= 15 is 0 Å². The van der Waals surface area contributed by atoms with Crippen LogP contribution < -0.4 is 14.5 Å². The minimum atomic E-state index is -0.477. The number of hydrogen-bond acceptors (Lipinski definition) is 4. The fourth-order valence-electron chi connectivity index (χ4n) is 1.79. The van der Waals surface area contributed by atoms with E-state index in [9.17, 15) is 5.11 Å². The molecular formula is C15H12N2O3. The second kappa shape index (κ2) is 5.44. The number of nitrogens with zero attached hydrogens (tertiary/aromatic N) is 2. The summed E-state index contributed by atoms with van der Waals surface area (Å²) in [6.07, 6.45) is 1.28. The van der Waals surface area contributed by atoms with Crippen LogP contribution in [0.5, 0.6) is 11.7 Å². The van der Waals surface area contributed by atoms with Gasteiger partial charge in [-0.3, -0.25) is 0 Å². The SMILES string of the molecule is [O-]c1c[n+](-c2ccc(OCc3ccccc3)cc2)no1. The van der Waals surface area contributed by atoms with Crippen LogP contribution in [0.1, 0.15) is 5.56 Å². The lowest BCUT2D eigenvalue weighted by atomic mass is 10.2. The number of hydrogen-bond donors (Lipinski definition) is 0. The second-order valence-corrected chi connectivity index (χ2v) is 4.23. The Labute approximate surface area is 115 Å². The van der Waals surface area contributed by atoms with Crippen molar-refractivity contribution in [2.24, 2.45) is 0 Å². The normalized spacial score (nSPS) is 10.4. The molecule has 100 valence electrons. The van der Waals surface area contributed by atoms with Crippen molar-refractivity contribution in [3.8, 4) is 17.4 Å². The Kier molecular flexibility index (Phi) is 3.33. The van der Waals surface area contributed by atoms with Crippen molar-refractivity contribution in [3.63, 3.8) is 0 Å². The van der Waals surface area contributed by atoms with Crippen LogP contribution in [0, 0.1) is 0 Å². The van der Waals surface area contributed by atoms with E-state index in [0.717, 1.165) is 17.0 Å². The van der Waals surface area contributed by atoms with Crippen LogP contribution in [-0.2, 0) is 6.61 Å². The summed E-state index contributed by atoms with van der Waals surface area (Å²) in [4.78, 5) is 0. The number of aromatic nitrogens is 2. The van der Waals surface area contributed by atoms with E-state index in [2.05, 4.69) is 9.79 Å². The van der Waals surface area contributed by atoms with Gasteiger partial charge in [0.1, 0.15) is 18.3 Å². The van der Waals surface area contributed by atoms with E-state index in [-0.39, 0.29) is 0 Å². The molecule has 0 aliphatic carbocycles. The zero-order valence-corrected chi connectivity index (χ0v) is 10.6. The molecule has 1 aromatic heterocycles. The van der Waals surface area contributed by atoms with E-state index in [0.29, 0.717) is 6.61 Å². The largest absolute Gasteiger partial charge is 0.539 e. The number of benzene rings is 2. The van der Waals surface area contributed by atoms with Crippen LogP contribution in [0.4, 0.5) is 0 Å². The van der Waals surface area contributed by atoms with Crippen molar-refractivity contribution in [1.82, 2.24) is 5.27 Å². The minimum absolute atomic E-state index is 0.477. The lowest BCUT2D eigenvalue weighted by Crippen LogP contribution is -2.31. The molecule has 0 unspecified atom stereocenters. The van der Waals surface area contributed by atoms with Crippen molar-refractivity contribution >= 4 is 0 Å². The molecule has 0 aliphatic heterocycles. The lowest BCUT2D eigenvalue weighted by molar-refractivity contribution is -0.670. The van der Waals surface area contributed by atoms with Crippen molar-refractivity contribution in [2.45, 2.75) is 6.61 Å². The molecule has 0 N–H and O–H groups in total. The summed E-state index contributed by atoms with van der Waals surface area (Å²) >= 11 is 0. The summed E-state index contributed by atoms with van der Waals surface area (Å²) in [5.74, 6) is 0.276. The van der Waals surface area contributed by atoms with Crippen LogP contribution in [0.3, 0.4) is 0 Å². The van der Waals surface area contributed by atoms with E-state index in [1.807, 2.05) is 54.6 Å². The molecule has 0 saturated carbocycles. The van der Waals surface area contributed by atoms with Crippen LogP contribution in [0.25, 0.3) is 5.69 Å². The van der Waals surface area contributed by atoms with Gasteiger partial charge in [0.15, 0.2) is 0 Å². The first-order valence-electron chi connectivity index (χ1n) is 6.14. The molecule has 0 fully saturated rings. The van der Waals surface area contributed by atoms with E-state index < -0.39 is 5.95 Å². The van der Waals surface area contributed by atoms with Gasteiger partial charge < -0.3 is 14.4 Å². The van der Waals surface area contributed by atoms with Crippen molar-refractivity contribution in [3.05, 3.63) is 66.4 Å². The van der Waals surface area contributed by atoms with Gasteiger partial charge in [-0.1, -0.05) is 30.3 Å². The zero-order valence-electron chi connectivity index (χ0n) is 10.6. The van der Waals surface area contributed by atoms with Gasteiger partial charge in [0.2, 0.25) is 11.9 Å². The molecule has 5 nitrogen and oxygen atoms in total. The average Bonchev–Trinajstić information content (AvgIpc) is 2.93.